The van der Waals surface area contributed by atoms with Crippen LogP contribution in [0.25, 0.3) is 0 Å². The molecule has 0 unspecified atom stereocenters. The molecule has 4 nitrogen and oxygen atoms in total. The molecule has 8 heteroatoms. The summed E-state index contributed by atoms with van der Waals surface area (Å²) in [6, 6.07) is 12.3. The Morgan fingerprint density at radius 3 is 2.61 bits per heavy atom. The Morgan fingerprint density at radius 2 is 1.93 bits per heavy atom. The summed E-state index contributed by atoms with van der Waals surface area (Å²) in [5.74, 6) is 0.134. The summed E-state index contributed by atoms with van der Waals surface area (Å²) < 4.78 is 13.0. The minimum absolute atomic E-state index is 0.218. The zero-order valence-corrected chi connectivity index (χ0v) is 17.9. The van der Waals surface area contributed by atoms with Crippen LogP contribution < -0.4 is 16.2 Å². The molecule has 0 atom stereocenters. The summed E-state index contributed by atoms with van der Waals surface area (Å²) in [6.45, 7) is 2.17. The Kier molecular flexibility index (Phi) is 9.54. The van der Waals surface area contributed by atoms with E-state index < -0.39 is 0 Å². The molecule has 0 fully saturated rings. The van der Waals surface area contributed by atoms with Gasteiger partial charge in [-0.1, -0.05) is 43.1 Å². The average molecular weight is 440 g/mol. The highest BCUT2D eigenvalue weighted by Gasteiger charge is 2.06. The molecule has 3 N–H and O–H groups in total. The first-order valence-corrected chi connectivity index (χ1v) is 10.9. The fraction of sp³-hybridized carbons (Fsp3) is 0.300. The second-order valence-corrected chi connectivity index (χ2v) is 7.96. The molecule has 28 heavy (non-hydrogen) atoms. The van der Waals surface area contributed by atoms with Gasteiger partial charge in [-0.15, -0.1) is 11.8 Å². The maximum absolute atomic E-state index is 13.0. The number of thioether (sulfide) groups is 1. The van der Waals surface area contributed by atoms with E-state index in [2.05, 4.69) is 35.2 Å². The van der Waals surface area contributed by atoms with Crippen molar-refractivity contribution in [1.82, 2.24) is 10.9 Å². The summed E-state index contributed by atoms with van der Waals surface area (Å²) in [5, 5.41) is 3.69. The first kappa shape index (κ1) is 22.5. The van der Waals surface area contributed by atoms with Crippen LogP contribution in [0, 0.1) is 5.82 Å². The largest absolute Gasteiger partial charge is 0.331 e. The Labute approximate surface area is 179 Å². The number of nitrogens with one attached hydrogen (secondary N) is 3. The number of hydrazine groups is 1. The van der Waals surface area contributed by atoms with Gasteiger partial charge >= 0.3 is 0 Å². The SMILES string of the molecule is CCCCc1ccc(NC(=S)NNC(=O)CSCc2ccc(F)cc2Cl)cc1. The predicted molar refractivity (Wildman–Crippen MR) is 120 cm³/mol. The maximum atomic E-state index is 13.0. The molecule has 0 heterocycles. The quantitative estimate of drug-likeness (QED) is 0.396. The lowest BCUT2D eigenvalue weighted by Crippen LogP contribution is -2.44. The van der Waals surface area contributed by atoms with Gasteiger partial charge in [0.2, 0.25) is 5.91 Å². The average Bonchev–Trinajstić information content (AvgIpc) is 2.67. The van der Waals surface area contributed by atoms with Crippen LogP contribution in [-0.2, 0) is 17.0 Å². The van der Waals surface area contributed by atoms with Crippen molar-refractivity contribution in [2.24, 2.45) is 0 Å². The molecular formula is C20H23ClFN3OS2. The van der Waals surface area contributed by atoms with Crippen LogP contribution in [-0.4, -0.2) is 16.8 Å². The van der Waals surface area contributed by atoms with Crippen molar-refractivity contribution in [1.29, 1.82) is 0 Å². The summed E-state index contributed by atoms with van der Waals surface area (Å²) in [7, 11) is 0. The zero-order valence-electron chi connectivity index (χ0n) is 15.6. The lowest BCUT2D eigenvalue weighted by molar-refractivity contribution is -0.119. The molecule has 0 radical (unpaired) electrons. The van der Waals surface area contributed by atoms with E-state index in [1.54, 1.807) is 6.07 Å². The summed E-state index contributed by atoms with van der Waals surface area (Å²) in [4.78, 5) is 11.9. The highest BCUT2D eigenvalue weighted by Crippen LogP contribution is 2.22. The van der Waals surface area contributed by atoms with E-state index in [0.717, 1.165) is 17.7 Å². The molecule has 0 aliphatic carbocycles. The minimum Gasteiger partial charge on any atom is -0.331 e. The minimum atomic E-state index is -0.377. The number of anilines is 1. The fourth-order valence-corrected chi connectivity index (χ4v) is 3.67. The monoisotopic (exact) mass is 439 g/mol. The Morgan fingerprint density at radius 1 is 1.18 bits per heavy atom. The third-order valence-corrected chi connectivity index (χ3v) is 5.39. The first-order chi connectivity index (χ1) is 13.5. The molecule has 0 spiro atoms. The smallest absolute Gasteiger partial charge is 0.248 e. The van der Waals surface area contributed by atoms with Gasteiger partial charge < -0.3 is 5.32 Å². The van der Waals surface area contributed by atoms with Gasteiger partial charge in [0.05, 0.1) is 5.75 Å². The number of hydrogen-bond donors (Lipinski definition) is 3. The fourth-order valence-electron chi connectivity index (χ4n) is 2.35. The number of amides is 1. The van der Waals surface area contributed by atoms with Crippen molar-refractivity contribution < 1.29 is 9.18 Å². The molecule has 1 amide bonds. The molecule has 2 aromatic carbocycles. The standard InChI is InChI=1S/C20H23ClFN3OS2/c1-2-3-4-14-5-9-17(10-6-14)23-20(27)25-24-19(26)13-28-12-15-7-8-16(22)11-18(15)21/h5-11H,2-4,12-13H2,1H3,(H,24,26)(H2,23,25,27). The van der Waals surface area contributed by atoms with Gasteiger partial charge in [0.25, 0.3) is 0 Å². The molecule has 150 valence electrons. The highest BCUT2D eigenvalue weighted by atomic mass is 35.5. The number of thiocarbonyl (C=S) groups is 1. The van der Waals surface area contributed by atoms with Crippen molar-refractivity contribution in [3.63, 3.8) is 0 Å². The third kappa shape index (κ3) is 8.04. The number of halogens is 2. The summed E-state index contributed by atoms with van der Waals surface area (Å²) in [6.07, 6.45) is 3.41. The van der Waals surface area contributed by atoms with E-state index in [9.17, 15) is 9.18 Å². The first-order valence-electron chi connectivity index (χ1n) is 8.94. The highest BCUT2D eigenvalue weighted by molar-refractivity contribution is 7.99. The summed E-state index contributed by atoms with van der Waals surface area (Å²) >= 11 is 12.5. The molecule has 2 rings (SSSR count). The van der Waals surface area contributed by atoms with Crippen LogP contribution in [0.4, 0.5) is 10.1 Å². The lowest BCUT2D eigenvalue weighted by atomic mass is 10.1. The van der Waals surface area contributed by atoms with Crippen LogP contribution in [0.5, 0.6) is 0 Å². The topological polar surface area (TPSA) is 53.2 Å². The van der Waals surface area contributed by atoms with Crippen molar-refractivity contribution >= 4 is 52.3 Å². The van der Waals surface area contributed by atoms with Crippen molar-refractivity contribution in [3.05, 3.63) is 64.4 Å². The summed E-state index contributed by atoms with van der Waals surface area (Å²) in [5.41, 5.74) is 8.15. The molecule has 0 aliphatic rings. The van der Waals surface area contributed by atoms with Gasteiger partial charge in [-0.2, -0.15) is 0 Å². The second-order valence-electron chi connectivity index (χ2n) is 6.16. The van der Waals surface area contributed by atoms with Crippen LogP contribution in [0.3, 0.4) is 0 Å². The number of benzene rings is 2. The van der Waals surface area contributed by atoms with E-state index in [4.69, 9.17) is 23.8 Å². The molecule has 0 bridgehead atoms. The van der Waals surface area contributed by atoms with E-state index in [1.165, 1.54) is 42.3 Å². The van der Waals surface area contributed by atoms with Gasteiger partial charge in [0, 0.05) is 16.5 Å². The maximum Gasteiger partial charge on any atom is 0.248 e. The second kappa shape index (κ2) is 11.9. The molecular weight excluding hydrogens is 417 g/mol. The molecule has 0 aliphatic heterocycles. The number of unbranched alkanes of at least 4 members (excludes halogenated alkanes) is 1. The number of aryl methyl sites for hydroxylation is 1. The lowest BCUT2D eigenvalue weighted by Gasteiger charge is -2.12. The normalized spacial score (nSPS) is 10.4. The number of carbonyl (C=O) groups excluding carboxylic acids is 1. The van der Waals surface area contributed by atoms with Crippen LogP contribution >= 0.6 is 35.6 Å². The van der Waals surface area contributed by atoms with Gasteiger partial charge in [0.1, 0.15) is 5.82 Å². The van der Waals surface area contributed by atoms with Crippen LogP contribution in [0.1, 0.15) is 30.9 Å². The van der Waals surface area contributed by atoms with E-state index in [1.807, 2.05) is 12.1 Å². The molecule has 0 saturated heterocycles. The van der Waals surface area contributed by atoms with Gasteiger partial charge in [-0.3, -0.25) is 15.6 Å². The van der Waals surface area contributed by atoms with Crippen LogP contribution in [0.2, 0.25) is 5.02 Å². The Balaban J connectivity index is 1.67. The Bertz CT molecular complexity index is 803. The van der Waals surface area contributed by atoms with Gasteiger partial charge in [-0.05, 0) is 60.5 Å². The van der Waals surface area contributed by atoms with Crippen LogP contribution in [0.15, 0.2) is 42.5 Å². The molecule has 2 aromatic rings. The molecule has 0 aromatic heterocycles. The van der Waals surface area contributed by atoms with E-state index in [-0.39, 0.29) is 17.5 Å². The number of carbonyl (C=O) groups is 1. The van der Waals surface area contributed by atoms with Crippen molar-refractivity contribution in [3.8, 4) is 0 Å². The number of rotatable bonds is 8. The van der Waals surface area contributed by atoms with Gasteiger partial charge in [-0.25, -0.2) is 4.39 Å². The van der Waals surface area contributed by atoms with Crippen molar-refractivity contribution in [2.75, 3.05) is 11.1 Å². The third-order valence-electron chi connectivity index (χ3n) is 3.85. The van der Waals surface area contributed by atoms with E-state index >= 15 is 0 Å². The Hall–Kier alpha value is -1.83. The van der Waals surface area contributed by atoms with E-state index in [0.29, 0.717) is 15.9 Å². The predicted octanol–water partition coefficient (Wildman–Crippen LogP) is 5.07. The molecule has 0 saturated carbocycles. The van der Waals surface area contributed by atoms with Crippen molar-refractivity contribution in [2.45, 2.75) is 31.9 Å². The van der Waals surface area contributed by atoms with Gasteiger partial charge in [0.15, 0.2) is 5.11 Å². The number of hydrogen-bond acceptors (Lipinski definition) is 3. The zero-order chi connectivity index (χ0) is 20.4.